The van der Waals surface area contributed by atoms with E-state index in [1.54, 1.807) is 0 Å². The molecule has 1 aliphatic rings. The highest BCUT2D eigenvalue weighted by atomic mass is 16.5. The highest BCUT2D eigenvalue weighted by Gasteiger charge is 2.26. The number of hydrogen-bond acceptors (Lipinski definition) is 4. The van der Waals surface area contributed by atoms with Crippen LogP contribution in [0.2, 0.25) is 0 Å². The van der Waals surface area contributed by atoms with Gasteiger partial charge in [0.15, 0.2) is 0 Å². The number of benzene rings is 1. The molecule has 2 unspecified atom stereocenters. The van der Waals surface area contributed by atoms with Crippen LogP contribution >= 0.6 is 0 Å². The molecular weight excluding hydrogens is 238 g/mol. The number of para-hydroxylation sites is 1. The Kier molecular flexibility index (Phi) is 3.73. The fraction of sp³-hybridized carbons (Fsp3) is 0.400. The van der Waals surface area contributed by atoms with Crippen molar-refractivity contribution in [2.24, 2.45) is 5.84 Å². The van der Waals surface area contributed by atoms with Crippen LogP contribution in [0.4, 0.5) is 0 Å². The van der Waals surface area contributed by atoms with E-state index in [4.69, 9.17) is 10.6 Å². The Morgan fingerprint density at radius 2 is 2.16 bits per heavy atom. The van der Waals surface area contributed by atoms with Crippen LogP contribution in [0.25, 0.3) is 10.9 Å². The van der Waals surface area contributed by atoms with E-state index in [0.717, 1.165) is 35.9 Å². The lowest BCUT2D eigenvalue weighted by Crippen LogP contribution is -2.39. The second-order valence-corrected chi connectivity index (χ2v) is 4.97. The molecule has 3 N–H and O–H groups in total. The van der Waals surface area contributed by atoms with E-state index in [1.807, 2.05) is 18.3 Å². The Labute approximate surface area is 112 Å². The number of hydrogen-bond donors (Lipinski definition) is 2. The smallest absolute Gasteiger partial charge is 0.0783 e. The minimum Gasteiger partial charge on any atom is -0.376 e. The molecular formula is C15H19N3O. The van der Waals surface area contributed by atoms with Crippen LogP contribution in [0, 0.1) is 0 Å². The van der Waals surface area contributed by atoms with E-state index in [0.29, 0.717) is 0 Å². The number of ether oxygens (including phenoxy) is 1. The second kappa shape index (κ2) is 5.65. The number of pyridine rings is 1. The summed E-state index contributed by atoms with van der Waals surface area (Å²) >= 11 is 0. The van der Waals surface area contributed by atoms with Crippen molar-refractivity contribution in [2.45, 2.75) is 31.4 Å². The Bertz CT molecular complexity index is 547. The third-order valence-electron chi connectivity index (χ3n) is 3.77. The summed E-state index contributed by atoms with van der Waals surface area (Å²) in [4.78, 5) is 4.49. The van der Waals surface area contributed by atoms with Crippen LogP contribution in [-0.4, -0.2) is 17.7 Å². The van der Waals surface area contributed by atoms with Crippen LogP contribution in [0.15, 0.2) is 36.5 Å². The SMILES string of the molecule is NNC(c1cccc2cccnc12)C1CCCCO1. The molecule has 1 aromatic heterocycles. The molecule has 1 aromatic carbocycles. The van der Waals surface area contributed by atoms with Crippen LogP contribution in [0.5, 0.6) is 0 Å². The van der Waals surface area contributed by atoms with Crippen LogP contribution in [0.3, 0.4) is 0 Å². The molecule has 1 saturated heterocycles. The van der Waals surface area contributed by atoms with Crippen molar-refractivity contribution in [3.8, 4) is 0 Å². The molecule has 2 atom stereocenters. The maximum absolute atomic E-state index is 5.86. The van der Waals surface area contributed by atoms with Gasteiger partial charge in [-0.05, 0) is 30.9 Å². The van der Waals surface area contributed by atoms with Crippen molar-refractivity contribution in [3.05, 3.63) is 42.1 Å². The monoisotopic (exact) mass is 257 g/mol. The predicted molar refractivity (Wildman–Crippen MR) is 75.4 cm³/mol. The molecule has 0 radical (unpaired) electrons. The summed E-state index contributed by atoms with van der Waals surface area (Å²) in [6.45, 7) is 0.820. The van der Waals surface area contributed by atoms with Crippen molar-refractivity contribution in [1.82, 2.24) is 10.4 Å². The van der Waals surface area contributed by atoms with Gasteiger partial charge < -0.3 is 4.74 Å². The first-order valence-electron chi connectivity index (χ1n) is 6.81. The van der Waals surface area contributed by atoms with Crippen LogP contribution in [-0.2, 0) is 4.74 Å². The standard InChI is InChI=1S/C15H19N3O/c16-18-15(13-8-1-2-10-19-13)12-7-3-5-11-6-4-9-17-14(11)12/h3-7,9,13,15,18H,1-2,8,10,16H2. The van der Waals surface area contributed by atoms with E-state index in [-0.39, 0.29) is 12.1 Å². The Morgan fingerprint density at radius 3 is 2.95 bits per heavy atom. The fourth-order valence-corrected chi connectivity index (χ4v) is 2.80. The number of hydrazine groups is 1. The number of nitrogens with two attached hydrogens (primary N) is 1. The first kappa shape index (κ1) is 12.5. The van der Waals surface area contributed by atoms with E-state index < -0.39 is 0 Å². The van der Waals surface area contributed by atoms with Gasteiger partial charge in [0.2, 0.25) is 0 Å². The van der Waals surface area contributed by atoms with Crippen LogP contribution in [0.1, 0.15) is 30.9 Å². The highest BCUT2D eigenvalue weighted by Crippen LogP contribution is 2.29. The number of aromatic nitrogens is 1. The normalized spacial score (nSPS) is 21.4. The zero-order valence-electron chi connectivity index (χ0n) is 10.9. The minimum absolute atomic E-state index is 0.00102. The molecule has 2 heterocycles. The Hall–Kier alpha value is -1.49. The molecule has 4 nitrogen and oxygen atoms in total. The summed E-state index contributed by atoms with van der Waals surface area (Å²) in [6.07, 6.45) is 5.33. The molecule has 3 rings (SSSR count). The number of rotatable bonds is 3. The van der Waals surface area contributed by atoms with E-state index >= 15 is 0 Å². The predicted octanol–water partition coefficient (Wildman–Crippen LogP) is 2.31. The summed E-state index contributed by atoms with van der Waals surface area (Å²) in [5.41, 5.74) is 5.04. The lowest BCUT2D eigenvalue weighted by Gasteiger charge is -2.30. The van der Waals surface area contributed by atoms with Crippen molar-refractivity contribution in [3.63, 3.8) is 0 Å². The first-order chi connectivity index (χ1) is 9.40. The maximum atomic E-state index is 5.86. The molecule has 0 aliphatic carbocycles. The van der Waals surface area contributed by atoms with Gasteiger partial charge in [-0.2, -0.15) is 0 Å². The van der Waals surface area contributed by atoms with Gasteiger partial charge in [0.05, 0.1) is 17.7 Å². The number of nitrogens with zero attached hydrogens (tertiary/aromatic N) is 1. The zero-order chi connectivity index (χ0) is 13.1. The summed E-state index contributed by atoms with van der Waals surface area (Å²) in [6, 6.07) is 10.2. The lowest BCUT2D eigenvalue weighted by atomic mass is 9.94. The third kappa shape index (κ3) is 2.47. The summed E-state index contributed by atoms with van der Waals surface area (Å²) in [7, 11) is 0. The van der Waals surface area contributed by atoms with Crippen molar-refractivity contribution >= 4 is 10.9 Å². The average Bonchev–Trinajstić information content (AvgIpc) is 2.49. The lowest BCUT2D eigenvalue weighted by molar-refractivity contribution is -0.00795. The van der Waals surface area contributed by atoms with E-state index in [1.165, 1.54) is 6.42 Å². The van der Waals surface area contributed by atoms with Crippen molar-refractivity contribution < 1.29 is 4.74 Å². The van der Waals surface area contributed by atoms with E-state index in [9.17, 15) is 0 Å². The fourth-order valence-electron chi connectivity index (χ4n) is 2.80. The van der Waals surface area contributed by atoms with Gasteiger partial charge >= 0.3 is 0 Å². The molecule has 0 bridgehead atoms. The maximum Gasteiger partial charge on any atom is 0.0783 e. The molecule has 4 heteroatoms. The van der Waals surface area contributed by atoms with Gasteiger partial charge in [0, 0.05) is 18.2 Å². The molecule has 1 fully saturated rings. The zero-order valence-corrected chi connectivity index (χ0v) is 10.9. The van der Waals surface area contributed by atoms with Gasteiger partial charge in [-0.25, -0.2) is 0 Å². The molecule has 2 aromatic rings. The minimum atomic E-state index is -0.00102. The quantitative estimate of drug-likeness (QED) is 0.654. The van der Waals surface area contributed by atoms with Gasteiger partial charge in [-0.3, -0.25) is 16.3 Å². The molecule has 19 heavy (non-hydrogen) atoms. The van der Waals surface area contributed by atoms with Gasteiger partial charge in [-0.15, -0.1) is 0 Å². The highest BCUT2D eigenvalue weighted by molar-refractivity contribution is 5.82. The van der Waals surface area contributed by atoms with Crippen molar-refractivity contribution in [1.29, 1.82) is 0 Å². The second-order valence-electron chi connectivity index (χ2n) is 4.97. The van der Waals surface area contributed by atoms with Gasteiger partial charge in [-0.1, -0.05) is 24.3 Å². The molecule has 0 spiro atoms. The summed E-state index contributed by atoms with van der Waals surface area (Å²) < 4.78 is 5.86. The Morgan fingerprint density at radius 1 is 1.26 bits per heavy atom. The van der Waals surface area contributed by atoms with Crippen molar-refractivity contribution in [2.75, 3.05) is 6.61 Å². The third-order valence-corrected chi connectivity index (χ3v) is 3.77. The van der Waals surface area contributed by atoms with E-state index in [2.05, 4.69) is 28.6 Å². The topological polar surface area (TPSA) is 60.2 Å². The number of nitrogens with one attached hydrogen (secondary N) is 1. The largest absolute Gasteiger partial charge is 0.376 e. The van der Waals surface area contributed by atoms with Gasteiger partial charge in [0.1, 0.15) is 0 Å². The molecule has 0 amide bonds. The number of fused-ring (bicyclic) bond motifs is 1. The summed E-state index contributed by atoms with van der Waals surface area (Å²) in [5.74, 6) is 5.77. The van der Waals surface area contributed by atoms with Crippen LogP contribution < -0.4 is 11.3 Å². The summed E-state index contributed by atoms with van der Waals surface area (Å²) in [5, 5.41) is 1.14. The Balaban J connectivity index is 2.00. The van der Waals surface area contributed by atoms with Gasteiger partial charge in [0.25, 0.3) is 0 Å². The molecule has 1 aliphatic heterocycles. The molecule has 100 valence electrons. The molecule has 0 saturated carbocycles. The average molecular weight is 257 g/mol. The first-order valence-corrected chi connectivity index (χ1v) is 6.81.